The first kappa shape index (κ1) is 16.4. The Bertz CT molecular complexity index is 894. The molecule has 3 rings (SSSR count). The fraction of sp³-hybridized carbons (Fsp3) is 0.158. The Morgan fingerprint density at radius 1 is 1.24 bits per heavy atom. The first-order chi connectivity index (χ1) is 12.2. The lowest BCUT2D eigenvalue weighted by atomic mass is 10.1. The fourth-order valence-electron chi connectivity index (χ4n) is 2.48. The number of aryl methyl sites for hydroxylation is 1. The molecule has 3 aromatic rings. The van der Waals surface area contributed by atoms with E-state index in [1.165, 1.54) is 0 Å². The van der Waals surface area contributed by atoms with Gasteiger partial charge < -0.3 is 4.90 Å². The summed E-state index contributed by atoms with van der Waals surface area (Å²) in [6, 6.07) is 12.9. The summed E-state index contributed by atoms with van der Waals surface area (Å²) in [4.78, 5) is 18.8. The van der Waals surface area contributed by atoms with Gasteiger partial charge in [0, 0.05) is 11.3 Å². The standard InChI is InChI=1S/C19H17N5O/c1-3-12-23(14-17-6-4-5-15(2)21-17)19(25)16-7-9-18(10-8-16)24-13-11-20-22-24/h1,4-11,13H,12,14H2,2H3. The molecule has 0 aliphatic rings. The Balaban J connectivity index is 1.79. The number of hydrogen-bond donors (Lipinski definition) is 0. The number of carbonyl (C=O) groups is 1. The van der Waals surface area contributed by atoms with Crippen LogP contribution in [0.1, 0.15) is 21.7 Å². The zero-order valence-corrected chi connectivity index (χ0v) is 13.8. The van der Waals surface area contributed by atoms with Gasteiger partial charge in [-0.25, -0.2) is 4.68 Å². The van der Waals surface area contributed by atoms with Crippen LogP contribution in [-0.4, -0.2) is 37.3 Å². The van der Waals surface area contributed by atoms with Gasteiger partial charge in [-0.1, -0.05) is 17.2 Å². The van der Waals surface area contributed by atoms with Gasteiger partial charge >= 0.3 is 0 Å². The summed E-state index contributed by atoms with van der Waals surface area (Å²) in [7, 11) is 0. The largest absolute Gasteiger partial charge is 0.322 e. The van der Waals surface area contributed by atoms with Gasteiger partial charge in [0.2, 0.25) is 0 Å². The highest BCUT2D eigenvalue weighted by molar-refractivity contribution is 5.94. The van der Waals surface area contributed by atoms with Crippen molar-refractivity contribution >= 4 is 5.91 Å². The molecule has 0 spiro atoms. The molecule has 25 heavy (non-hydrogen) atoms. The molecule has 0 saturated heterocycles. The van der Waals surface area contributed by atoms with E-state index in [0.29, 0.717) is 12.1 Å². The molecule has 2 aromatic heterocycles. The van der Waals surface area contributed by atoms with E-state index in [4.69, 9.17) is 6.42 Å². The second kappa shape index (κ2) is 7.41. The van der Waals surface area contributed by atoms with Crippen molar-refractivity contribution in [1.82, 2.24) is 24.9 Å². The predicted molar refractivity (Wildman–Crippen MR) is 93.9 cm³/mol. The molecule has 0 N–H and O–H groups in total. The lowest BCUT2D eigenvalue weighted by molar-refractivity contribution is 0.0764. The van der Waals surface area contributed by atoms with Crippen molar-refractivity contribution < 1.29 is 4.79 Å². The van der Waals surface area contributed by atoms with Gasteiger partial charge in [-0.2, -0.15) is 0 Å². The summed E-state index contributed by atoms with van der Waals surface area (Å²) in [5.41, 5.74) is 3.11. The van der Waals surface area contributed by atoms with E-state index in [2.05, 4.69) is 21.2 Å². The molecule has 0 unspecified atom stereocenters. The highest BCUT2D eigenvalue weighted by atomic mass is 16.2. The average molecular weight is 331 g/mol. The van der Waals surface area contributed by atoms with Crippen LogP contribution in [0.5, 0.6) is 0 Å². The minimum absolute atomic E-state index is 0.133. The minimum atomic E-state index is -0.133. The van der Waals surface area contributed by atoms with Crippen LogP contribution in [0.25, 0.3) is 5.69 Å². The van der Waals surface area contributed by atoms with Crippen LogP contribution in [-0.2, 0) is 6.54 Å². The molecule has 0 aliphatic heterocycles. The number of pyridine rings is 1. The molecule has 2 heterocycles. The molecule has 1 amide bonds. The molecule has 0 atom stereocenters. The zero-order valence-electron chi connectivity index (χ0n) is 13.8. The van der Waals surface area contributed by atoms with Crippen molar-refractivity contribution in [2.45, 2.75) is 13.5 Å². The molecule has 0 fully saturated rings. The van der Waals surface area contributed by atoms with Gasteiger partial charge in [-0.3, -0.25) is 9.78 Å². The van der Waals surface area contributed by atoms with Crippen LogP contribution >= 0.6 is 0 Å². The van der Waals surface area contributed by atoms with Gasteiger partial charge in [-0.05, 0) is 43.3 Å². The molecule has 6 heteroatoms. The van der Waals surface area contributed by atoms with Crippen LogP contribution in [0.2, 0.25) is 0 Å². The number of rotatable bonds is 5. The first-order valence-electron chi connectivity index (χ1n) is 7.79. The predicted octanol–water partition coefficient (Wildman–Crippen LogP) is 2.25. The Kier molecular flexibility index (Phi) is 4.86. The SMILES string of the molecule is C#CCN(Cc1cccc(C)n1)C(=O)c1ccc(-n2ccnn2)cc1. The summed E-state index contributed by atoms with van der Waals surface area (Å²) in [5, 5.41) is 7.70. The van der Waals surface area contributed by atoms with Gasteiger partial charge in [0.1, 0.15) is 0 Å². The van der Waals surface area contributed by atoms with Crippen molar-refractivity contribution in [1.29, 1.82) is 0 Å². The second-order valence-corrected chi connectivity index (χ2v) is 5.53. The van der Waals surface area contributed by atoms with Crippen LogP contribution in [0.15, 0.2) is 54.9 Å². The fourth-order valence-corrected chi connectivity index (χ4v) is 2.48. The molecular weight excluding hydrogens is 314 g/mol. The zero-order chi connectivity index (χ0) is 17.6. The van der Waals surface area contributed by atoms with Crippen LogP contribution < -0.4 is 0 Å². The molecular formula is C19H17N5O. The normalized spacial score (nSPS) is 10.2. The van der Waals surface area contributed by atoms with E-state index in [9.17, 15) is 4.79 Å². The number of carbonyl (C=O) groups excluding carboxylic acids is 1. The first-order valence-corrected chi connectivity index (χ1v) is 7.79. The topological polar surface area (TPSA) is 63.9 Å². The van der Waals surface area contributed by atoms with Crippen molar-refractivity contribution in [3.05, 3.63) is 71.8 Å². The number of aromatic nitrogens is 4. The highest BCUT2D eigenvalue weighted by Gasteiger charge is 2.16. The maximum Gasteiger partial charge on any atom is 0.254 e. The quantitative estimate of drug-likeness (QED) is 0.673. The summed E-state index contributed by atoms with van der Waals surface area (Å²) in [6.45, 7) is 2.51. The van der Waals surface area contributed by atoms with Gasteiger partial charge in [0.05, 0.1) is 36.9 Å². The Morgan fingerprint density at radius 2 is 2.04 bits per heavy atom. The van der Waals surface area contributed by atoms with Crippen molar-refractivity contribution in [2.75, 3.05) is 6.54 Å². The van der Waals surface area contributed by atoms with E-state index >= 15 is 0 Å². The van der Waals surface area contributed by atoms with E-state index < -0.39 is 0 Å². The molecule has 0 saturated carbocycles. The molecule has 6 nitrogen and oxygen atoms in total. The monoisotopic (exact) mass is 331 g/mol. The van der Waals surface area contributed by atoms with Gasteiger partial charge in [-0.15, -0.1) is 11.5 Å². The minimum Gasteiger partial charge on any atom is -0.322 e. The van der Waals surface area contributed by atoms with Gasteiger partial charge in [0.25, 0.3) is 5.91 Å². The van der Waals surface area contributed by atoms with E-state index in [1.54, 1.807) is 34.1 Å². The van der Waals surface area contributed by atoms with Gasteiger partial charge in [0.15, 0.2) is 0 Å². The molecule has 0 bridgehead atoms. The third-order valence-electron chi connectivity index (χ3n) is 3.67. The lowest BCUT2D eigenvalue weighted by Gasteiger charge is -2.20. The third-order valence-corrected chi connectivity index (χ3v) is 3.67. The smallest absolute Gasteiger partial charge is 0.254 e. The second-order valence-electron chi connectivity index (χ2n) is 5.53. The Labute approximate surface area is 146 Å². The van der Waals surface area contributed by atoms with Crippen LogP contribution in [0, 0.1) is 19.3 Å². The maximum atomic E-state index is 12.8. The number of hydrogen-bond acceptors (Lipinski definition) is 4. The summed E-state index contributed by atoms with van der Waals surface area (Å²) in [5.74, 6) is 2.41. The molecule has 1 aromatic carbocycles. The maximum absolute atomic E-state index is 12.8. The van der Waals surface area contributed by atoms with E-state index in [0.717, 1.165) is 17.1 Å². The number of amides is 1. The summed E-state index contributed by atoms with van der Waals surface area (Å²) < 4.78 is 1.63. The van der Waals surface area contributed by atoms with Crippen molar-refractivity contribution in [3.63, 3.8) is 0 Å². The third kappa shape index (κ3) is 3.90. The molecule has 124 valence electrons. The van der Waals surface area contributed by atoms with Crippen LogP contribution in [0.4, 0.5) is 0 Å². The van der Waals surface area contributed by atoms with Crippen LogP contribution in [0.3, 0.4) is 0 Å². The summed E-state index contributed by atoms with van der Waals surface area (Å²) >= 11 is 0. The summed E-state index contributed by atoms with van der Waals surface area (Å²) in [6.07, 6.45) is 8.78. The Morgan fingerprint density at radius 3 is 2.68 bits per heavy atom. The molecule has 0 aliphatic carbocycles. The van der Waals surface area contributed by atoms with E-state index in [-0.39, 0.29) is 12.5 Å². The molecule has 0 radical (unpaired) electrons. The van der Waals surface area contributed by atoms with Crippen molar-refractivity contribution in [3.8, 4) is 18.0 Å². The van der Waals surface area contributed by atoms with E-state index in [1.807, 2.05) is 37.3 Å². The number of terminal acetylenes is 1. The number of benzene rings is 1. The lowest BCUT2D eigenvalue weighted by Crippen LogP contribution is -2.31. The average Bonchev–Trinajstić information content (AvgIpc) is 3.16. The van der Waals surface area contributed by atoms with Crippen molar-refractivity contribution in [2.24, 2.45) is 0 Å². The Hall–Kier alpha value is -3.46. The number of nitrogens with zero attached hydrogens (tertiary/aromatic N) is 5. The highest BCUT2D eigenvalue weighted by Crippen LogP contribution is 2.12.